The van der Waals surface area contributed by atoms with E-state index in [-0.39, 0.29) is 5.03 Å². The number of nitrogens with one attached hydrogen (secondary N) is 1. The molecule has 4 N–H and O–H groups in total. The average molecular weight is 480 g/mol. The van der Waals surface area contributed by atoms with Crippen molar-refractivity contribution < 1.29 is 14.1 Å². The SMILES string of the molecule is CC(C)(O)c1cc([S@](N)(=O)=NC(=O)Nc2c3c(cc4c2CCC4)CCC3)nn1-c1ccccc1. The van der Waals surface area contributed by atoms with Crippen molar-refractivity contribution in [3.63, 3.8) is 0 Å². The number of carbonyl (C=O) groups is 1. The fraction of sp³-hybridized carbons (Fsp3) is 0.360. The van der Waals surface area contributed by atoms with Crippen molar-refractivity contribution in [2.45, 2.75) is 63.0 Å². The molecule has 0 aliphatic heterocycles. The van der Waals surface area contributed by atoms with E-state index >= 15 is 0 Å². The summed E-state index contributed by atoms with van der Waals surface area (Å²) in [7, 11) is -3.66. The van der Waals surface area contributed by atoms with E-state index in [0.29, 0.717) is 11.4 Å². The molecule has 2 aliphatic rings. The summed E-state index contributed by atoms with van der Waals surface area (Å²) in [5.74, 6) is 0. The van der Waals surface area contributed by atoms with Crippen molar-refractivity contribution >= 4 is 21.6 Å². The first-order chi connectivity index (χ1) is 16.1. The molecule has 0 fully saturated rings. The Balaban J connectivity index is 1.51. The topological polar surface area (TPSA) is 123 Å². The van der Waals surface area contributed by atoms with E-state index in [1.165, 1.54) is 21.9 Å². The van der Waals surface area contributed by atoms with Crippen molar-refractivity contribution in [3.05, 3.63) is 70.4 Å². The van der Waals surface area contributed by atoms with Gasteiger partial charge in [0, 0.05) is 11.8 Å². The predicted octanol–water partition coefficient (Wildman–Crippen LogP) is 4.01. The molecule has 0 saturated carbocycles. The Bertz CT molecular complexity index is 1360. The number of anilines is 1. The zero-order chi connectivity index (χ0) is 24.1. The lowest BCUT2D eigenvalue weighted by Crippen LogP contribution is -2.20. The fourth-order valence-corrected chi connectivity index (χ4v) is 5.84. The highest BCUT2D eigenvalue weighted by Gasteiger charge is 2.28. The van der Waals surface area contributed by atoms with Crippen LogP contribution in [0.25, 0.3) is 5.69 Å². The molecule has 0 saturated heterocycles. The van der Waals surface area contributed by atoms with Gasteiger partial charge in [0.25, 0.3) is 0 Å². The Morgan fingerprint density at radius 1 is 1.09 bits per heavy atom. The van der Waals surface area contributed by atoms with Crippen molar-refractivity contribution in [1.82, 2.24) is 9.78 Å². The first-order valence-corrected chi connectivity index (χ1v) is 13.1. The van der Waals surface area contributed by atoms with E-state index in [1.54, 1.807) is 13.8 Å². The highest BCUT2D eigenvalue weighted by Crippen LogP contribution is 2.38. The van der Waals surface area contributed by atoms with Gasteiger partial charge in [0.15, 0.2) is 14.9 Å². The lowest BCUT2D eigenvalue weighted by Gasteiger charge is -2.18. The maximum absolute atomic E-state index is 13.4. The third-order valence-corrected chi connectivity index (χ3v) is 7.77. The minimum atomic E-state index is -3.66. The highest BCUT2D eigenvalue weighted by molar-refractivity contribution is 7.91. The Hall–Kier alpha value is -3.01. The molecule has 34 heavy (non-hydrogen) atoms. The lowest BCUT2D eigenvalue weighted by atomic mass is 9.99. The molecule has 0 unspecified atom stereocenters. The molecule has 9 heteroatoms. The van der Waals surface area contributed by atoms with E-state index in [9.17, 15) is 14.1 Å². The molecule has 1 aromatic heterocycles. The van der Waals surface area contributed by atoms with Crippen LogP contribution in [0.4, 0.5) is 10.5 Å². The first kappa shape index (κ1) is 22.8. The molecule has 3 aromatic rings. The van der Waals surface area contributed by atoms with Crippen LogP contribution in [0, 0.1) is 0 Å². The number of nitrogens with two attached hydrogens (primary N) is 1. The summed E-state index contributed by atoms with van der Waals surface area (Å²) in [5, 5.41) is 23.9. The van der Waals surface area contributed by atoms with Gasteiger partial charge in [-0.3, -0.25) is 0 Å². The molecule has 2 aromatic carbocycles. The molecule has 0 radical (unpaired) electrons. The van der Waals surface area contributed by atoms with Gasteiger partial charge in [0.1, 0.15) is 5.60 Å². The highest BCUT2D eigenvalue weighted by atomic mass is 32.2. The normalized spacial score (nSPS) is 16.6. The summed E-state index contributed by atoms with van der Waals surface area (Å²) in [4.78, 5) is 12.9. The van der Waals surface area contributed by atoms with Gasteiger partial charge in [-0.25, -0.2) is 18.8 Å². The molecule has 0 bridgehead atoms. The van der Waals surface area contributed by atoms with Gasteiger partial charge < -0.3 is 10.4 Å². The van der Waals surface area contributed by atoms with Gasteiger partial charge in [0.05, 0.1) is 11.4 Å². The van der Waals surface area contributed by atoms with Crippen molar-refractivity contribution in [3.8, 4) is 5.69 Å². The van der Waals surface area contributed by atoms with E-state index in [1.807, 2.05) is 30.3 Å². The van der Waals surface area contributed by atoms with Crippen LogP contribution in [0.5, 0.6) is 0 Å². The molecule has 2 aliphatic carbocycles. The summed E-state index contributed by atoms with van der Waals surface area (Å²) in [5.41, 5.74) is 5.46. The number of carbonyl (C=O) groups excluding carboxylic acids is 1. The Morgan fingerprint density at radius 2 is 1.71 bits per heavy atom. The predicted molar refractivity (Wildman–Crippen MR) is 131 cm³/mol. The summed E-state index contributed by atoms with van der Waals surface area (Å²) < 4.78 is 18.7. The second kappa shape index (κ2) is 8.33. The summed E-state index contributed by atoms with van der Waals surface area (Å²) in [6, 6.07) is 12.1. The van der Waals surface area contributed by atoms with Crippen LogP contribution >= 0.6 is 0 Å². The summed E-state index contributed by atoms with van der Waals surface area (Å²) in [6.07, 6.45) is 5.95. The van der Waals surface area contributed by atoms with Crippen LogP contribution in [-0.4, -0.2) is 25.1 Å². The van der Waals surface area contributed by atoms with Gasteiger partial charge in [-0.05, 0) is 86.8 Å². The number of fused-ring (bicyclic) bond motifs is 2. The molecule has 1 atom stereocenters. The largest absolute Gasteiger partial charge is 0.384 e. The zero-order valence-electron chi connectivity index (χ0n) is 19.4. The van der Waals surface area contributed by atoms with Crippen LogP contribution in [-0.2, 0) is 41.2 Å². The standard InChI is InChI=1S/C25H29N5O3S/c1-25(2,32)21-15-22(28-30(21)18-10-4-3-5-11-18)34(26,33)29-24(31)27-23-19-12-6-8-16(19)14-17-9-7-13-20(17)23/h3-5,10-11,14-15,32H,6-9,12-13H2,1-2H3,(H3,26,27,29,31,33)/t34-/m1/s1. The maximum atomic E-state index is 13.4. The molecule has 1 heterocycles. The van der Waals surface area contributed by atoms with Gasteiger partial charge in [-0.1, -0.05) is 24.3 Å². The smallest absolute Gasteiger partial charge is 0.354 e. The summed E-state index contributed by atoms with van der Waals surface area (Å²) in [6.45, 7) is 3.21. The number of aliphatic hydroxyl groups is 1. The quantitative estimate of drug-likeness (QED) is 0.523. The minimum Gasteiger partial charge on any atom is -0.384 e. The number of urea groups is 1. The molecule has 0 spiro atoms. The van der Waals surface area contributed by atoms with Gasteiger partial charge in [-0.15, -0.1) is 4.36 Å². The fourth-order valence-electron chi connectivity index (χ4n) is 4.97. The van der Waals surface area contributed by atoms with E-state index < -0.39 is 21.5 Å². The van der Waals surface area contributed by atoms with Gasteiger partial charge in [-0.2, -0.15) is 5.10 Å². The number of para-hydroxylation sites is 1. The second-order valence-corrected chi connectivity index (χ2v) is 11.2. The Morgan fingerprint density at radius 3 is 2.29 bits per heavy atom. The van der Waals surface area contributed by atoms with Gasteiger partial charge >= 0.3 is 6.03 Å². The zero-order valence-corrected chi connectivity index (χ0v) is 20.2. The molecule has 5 rings (SSSR count). The minimum absolute atomic E-state index is 0.0628. The van der Waals surface area contributed by atoms with Crippen LogP contribution in [0.2, 0.25) is 0 Å². The number of aryl methyl sites for hydroxylation is 2. The number of amides is 2. The monoisotopic (exact) mass is 479 g/mol. The lowest BCUT2D eigenvalue weighted by molar-refractivity contribution is 0.0711. The van der Waals surface area contributed by atoms with Crippen molar-refractivity contribution in [2.75, 3.05) is 5.32 Å². The summed E-state index contributed by atoms with van der Waals surface area (Å²) >= 11 is 0. The van der Waals surface area contributed by atoms with E-state index in [2.05, 4.69) is 20.8 Å². The number of hydrogen-bond acceptors (Lipinski definition) is 4. The molecule has 2 amide bonds. The van der Waals surface area contributed by atoms with E-state index in [4.69, 9.17) is 5.14 Å². The van der Waals surface area contributed by atoms with Crippen LogP contribution in [0.3, 0.4) is 0 Å². The molecule has 8 nitrogen and oxygen atoms in total. The molecular weight excluding hydrogens is 450 g/mol. The molecular formula is C25H29N5O3S. The van der Waals surface area contributed by atoms with Crippen LogP contribution in [0.1, 0.15) is 54.6 Å². The van der Waals surface area contributed by atoms with Crippen molar-refractivity contribution in [1.29, 1.82) is 0 Å². The maximum Gasteiger partial charge on any atom is 0.354 e. The van der Waals surface area contributed by atoms with Gasteiger partial charge in [0.2, 0.25) is 0 Å². The average Bonchev–Trinajstić information content (AvgIpc) is 3.52. The number of hydrogen-bond donors (Lipinski definition) is 3. The Labute approximate surface area is 199 Å². The van der Waals surface area contributed by atoms with E-state index in [0.717, 1.165) is 55.3 Å². The number of nitrogens with zero attached hydrogens (tertiary/aromatic N) is 3. The second-order valence-electron chi connectivity index (χ2n) is 9.50. The number of rotatable bonds is 4. The van der Waals surface area contributed by atoms with Crippen molar-refractivity contribution in [2.24, 2.45) is 9.50 Å². The van der Waals surface area contributed by atoms with Crippen LogP contribution in [0.15, 0.2) is 51.9 Å². The third kappa shape index (κ3) is 4.15. The molecule has 178 valence electrons. The number of benzene rings is 2. The van der Waals surface area contributed by atoms with Crippen LogP contribution < -0.4 is 10.5 Å². The third-order valence-electron chi connectivity index (χ3n) is 6.54. The Kier molecular flexibility index (Phi) is 5.58. The first-order valence-electron chi connectivity index (χ1n) is 11.5. The number of aromatic nitrogens is 2.